The highest BCUT2D eigenvalue weighted by Gasteiger charge is 2.55. The Morgan fingerprint density at radius 3 is 2.50 bits per heavy atom. The summed E-state index contributed by atoms with van der Waals surface area (Å²) in [5.41, 5.74) is 0.988. The molecular weight excluding hydrogens is 330 g/mol. The lowest BCUT2D eigenvalue weighted by Crippen LogP contribution is -2.45. The molecule has 6 nitrogen and oxygen atoms in total. The summed E-state index contributed by atoms with van der Waals surface area (Å²) in [6.45, 7) is 1.28. The lowest BCUT2D eigenvalue weighted by Gasteiger charge is -2.27. The molecule has 2 saturated heterocycles. The summed E-state index contributed by atoms with van der Waals surface area (Å²) in [7, 11) is 0. The molecule has 1 N–H and O–H groups in total. The van der Waals surface area contributed by atoms with E-state index >= 15 is 0 Å². The van der Waals surface area contributed by atoms with E-state index in [2.05, 4.69) is 5.32 Å². The number of imide groups is 1. The monoisotopic (exact) mass is 355 g/mol. The maximum atomic E-state index is 13.1. The van der Waals surface area contributed by atoms with Crippen molar-refractivity contribution in [2.45, 2.75) is 50.5 Å². The second-order valence-electron chi connectivity index (χ2n) is 7.53. The van der Waals surface area contributed by atoms with E-state index in [0.29, 0.717) is 6.42 Å². The molecule has 0 aromatic heterocycles. The zero-order chi connectivity index (χ0) is 18.1. The normalized spacial score (nSPS) is 25.8. The van der Waals surface area contributed by atoms with Gasteiger partial charge in [-0.2, -0.15) is 0 Å². The van der Waals surface area contributed by atoms with Crippen LogP contribution in [0, 0.1) is 0 Å². The third kappa shape index (κ3) is 2.77. The van der Waals surface area contributed by atoms with E-state index in [1.165, 1.54) is 6.42 Å². The van der Waals surface area contributed by atoms with Crippen LogP contribution in [-0.4, -0.2) is 47.3 Å². The Kier molecular flexibility index (Phi) is 4.42. The molecule has 6 heteroatoms. The van der Waals surface area contributed by atoms with Crippen LogP contribution in [0.3, 0.4) is 0 Å². The maximum absolute atomic E-state index is 13.1. The number of carbonyl (C=O) groups is 3. The first-order valence-corrected chi connectivity index (χ1v) is 9.62. The number of aryl methyl sites for hydroxylation is 1. The molecule has 0 bridgehead atoms. The zero-order valence-electron chi connectivity index (χ0n) is 15.0. The Bertz CT molecular complexity index is 740. The van der Waals surface area contributed by atoms with E-state index in [1.807, 2.05) is 29.2 Å². The SMILES string of the molecule is O=C(CN1C(=O)NC2(CCc3ccccc32)C1=O)N1CCCCCCC1. The summed E-state index contributed by atoms with van der Waals surface area (Å²) < 4.78 is 0. The van der Waals surface area contributed by atoms with Crippen molar-refractivity contribution in [2.24, 2.45) is 0 Å². The fourth-order valence-electron chi connectivity index (χ4n) is 4.47. The summed E-state index contributed by atoms with van der Waals surface area (Å²) in [5.74, 6) is -0.411. The summed E-state index contributed by atoms with van der Waals surface area (Å²) in [6.07, 6.45) is 6.78. The van der Waals surface area contributed by atoms with Crippen molar-refractivity contribution in [3.05, 3.63) is 35.4 Å². The molecule has 3 aliphatic rings. The molecule has 1 unspecified atom stereocenters. The van der Waals surface area contributed by atoms with E-state index < -0.39 is 11.6 Å². The van der Waals surface area contributed by atoms with Crippen LogP contribution in [-0.2, 0) is 21.5 Å². The van der Waals surface area contributed by atoms with Gasteiger partial charge in [0.1, 0.15) is 12.1 Å². The number of urea groups is 1. The van der Waals surface area contributed by atoms with Crippen molar-refractivity contribution < 1.29 is 14.4 Å². The quantitative estimate of drug-likeness (QED) is 0.827. The molecule has 26 heavy (non-hydrogen) atoms. The molecule has 2 heterocycles. The molecule has 1 aliphatic carbocycles. The lowest BCUT2D eigenvalue weighted by atomic mass is 9.92. The first kappa shape index (κ1) is 17.1. The van der Waals surface area contributed by atoms with Crippen LogP contribution < -0.4 is 5.32 Å². The standard InChI is InChI=1S/C20H25N3O3/c24-17(22-12-6-2-1-3-7-13-22)14-23-18(25)20(21-19(23)26)11-10-15-8-4-5-9-16(15)20/h4-5,8-9H,1-3,6-7,10-14H2,(H,21,26). The van der Waals surface area contributed by atoms with Crippen LogP contribution >= 0.6 is 0 Å². The van der Waals surface area contributed by atoms with Gasteiger partial charge in [0.15, 0.2) is 0 Å². The van der Waals surface area contributed by atoms with E-state index in [4.69, 9.17) is 0 Å². The average Bonchev–Trinajstić information content (AvgIpc) is 3.09. The molecule has 1 atom stereocenters. The summed E-state index contributed by atoms with van der Waals surface area (Å²) in [6, 6.07) is 7.29. The van der Waals surface area contributed by atoms with Gasteiger partial charge in [-0.05, 0) is 36.8 Å². The van der Waals surface area contributed by atoms with Crippen molar-refractivity contribution in [1.29, 1.82) is 0 Å². The van der Waals surface area contributed by atoms with Gasteiger partial charge in [0, 0.05) is 13.1 Å². The molecule has 1 aromatic carbocycles. The molecule has 4 rings (SSSR count). The van der Waals surface area contributed by atoms with Crippen LogP contribution in [0.5, 0.6) is 0 Å². The lowest BCUT2D eigenvalue weighted by molar-refractivity contribution is -0.139. The van der Waals surface area contributed by atoms with Gasteiger partial charge < -0.3 is 10.2 Å². The van der Waals surface area contributed by atoms with Gasteiger partial charge in [0.05, 0.1) is 0 Å². The Morgan fingerprint density at radius 2 is 1.73 bits per heavy atom. The molecule has 1 spiro atoms. The number of nitrogens with zero attached hydrogens (tertiary/aromatic N) is 2. The van der Waals surface area contributed by atoms with Crippen molar-refractivity contribution in [3.8, 4) is 0 Å². The van der Waals surface area contributed by atoms with Crippen LogP contribution in [0.2, 0.25) is 0 Å². The highest BCUT2D eigenvalue weighted by atomic mass is 16.2. The smallest absolute Gasteiger partial charge is 0.325 e. The largest absolute Gasteiger partial charge is 0.341 e. The number of nitrogens with one attached hydrogen (secondary N) is 1. The molecular formula is C20H25N3O3. The first-order chi connectivity index (χ1) is 12.6. The summed E-state index contributed by atoms with van der Waals surface area (Å²) in [5, 5.41) is 2.88. The number of likely N-dealkylation sites (tertiary alicyclic amines) is 1. The van der Waals surface area contributed by atoms with E-state index in [-0.39, 0.29) is 18.4 Å². The van der Waals surface area contributed by atoms with Gasteiger partial charge in [0.2, 0.25) is 5.91 Å². The predicted molar refractivity (Wildman–Crippen MR) is 96.4 cm³/mol. The summed E-state index contributed by atoms with van der Waals surface area (Å²) in [4.78, 5) is 41.3. The highest BCUT2D eigenvalue weighted by Crippen LogP contribution is 2.41. The van der Waals surface area contributed by atoms with E-state index in [1.54, 1.807) is 0 Å². The van der Waals surface area contributed by atoms with Gasteiger partial charge in [-0.15, -0.1) is 0 Å². The fourth-order valence-corrected chi connectivity index (χ4v) is 4.47. The van der Waals surface area contributed by atoms with Gasteiger partial charge in [-0.1, -0.05) is 43.5 Å². The van der Waals surface area contributed by atoms with Crippen molar-refractivity contribution in [3.63, 3.8) is 0 Å². The number of benzene rings is 1. The fraction of sp³-hybridized carbons (Fsp3) is 0.550. The minimum Gasteiger partial charge on any atom is -0.341 e. The molecule has 0 saturated carbocycles. The molecule has 4 amide bonds. The number of amides is 4. The number of hydrogen-bond acceptors (Lipinski definition) is 3. The van der Waals surface area contributed by atoms with Crippen molar-refractivity contribution >= 4 is 17.8 Å². The van der Waals surface area contributed by atoms with Crippen LogP contribution in [0.15, 0.2) is 24.3 Å². The topological polar surface area (TPSA) is 69.7 Å². The second-order valence-corrected chi connectivity index (χ2v) is 7.53. The molecule has 2 fully saturated rings. The minimum atomic E-state index is -0.982. The molecule has 0 radical (unpaired) electrons. The third-order valence-electron chi connectivity index (χ3n) is 5.92. The van der Waals surface area contributed by atoms with Crippen LogP contribution in [0.1, 0.15) is 49.7 Å². The minimum absolute atomic E-state index is 0.126. The molecule has 2 aliphatic heterocycles. The van der Waals surface area contributed by atoms with Crippen LogP contribution in [0.25, 0.3) is 0 Å². The van der Waals surface area contributed by atoms with Gasteiger partial charge in [-0.25, -0.2) is 4.79 Å². The second kappa shape index (κ2) is 6.74. The Morgan fingerprint density at radius 1 is 1.04 bits per heavy atom. The van der Waals surface area contributed by atoms with Gasteiger partial charge >= 0.3 is 6.03 Å². The van der Waals surface area contributed by atoms with Crippen molar-refractivity contribution in [2.75, 3.05) is 19.6 Å². The van der Waals surface area contributed by atoms with Gasteiger partial charge in [-0.3, -0.25) is 14.5 Å². The van der Waals surface area contributed by atoms with E-state index in [9.17, 15) is 14.4 Å². The van der Waals surface area contributed by atoms with Gasteiger partial charge in [0.25, 0.3) is 5.91 Å². The Labute approximate surface area is 153 Å². The van der Waals surface area contributed by atoms with Crippen molar-refractivity contribution in [1.82, 2.24) is 15.1 Å². The predicted octanol–water partition coefficient (Wildman–Crippen LogP) is 2.17. The first-order valence-electron chi connectivity index (χ1n) is 9.62. The van der Waals surface area contributed by atoms with Crippen LogP contribution in [0.4, 0.5) is 4.79 Å². The number of carbonyl (C=O) groups excluding carboxylic acids is 3. The van der Waals surface area contributed by atoms with E-state index in [0.717, 1.165) is 61.2 Å². The number of rotatable bonds is 2. The maximum Gasteiger partial charge on any atom is 0.325 e. The molecule has 138 valence electrons. The Hall–Kier alpha value is -2.37. The third-order valence-corrected chi connectivity index (χ3v) is 5.92. The Balaban J connectivity index is 1.51. The highest BCUT2D eigenvalue weighted by molar-refractivity contribution is 6.09. The number of fused-ring (bicyclic) bond motifs is 2. The summed E-state index contributed by atoms with van der Waals surface area (Å²) >= 11 is 0. The zero-order valence-corrected chi connectivity index (χ0v) is 15.0. The average molecular weight is 355 g/mol. The number of hydrogen-bond donors (Lipinski definition) is 1. The molecule has 1 aromatic rings.